The van der Waals surface area contributed by atoms with E-state index in [-0.39, 0.29) is 4.91 Å². The number of carbonyl (C=O) groups excluding carboxylic acids is 2. The lowest BCUT2D eigenvalue weighted by Crippen LogP contribution is -2.38. The van der Waals surface area contributed by atoms with Crippen LogP contribution in [0, 0.1) is 0 Å². The average molecular weight is 272 g/mol. The van der Waals surface area contributed by atoms with E-state index in [0.29, 0.717) is 10.4 Å². The summed E-state index contributed by atoms with van der Waals surface area (Å²) in [7, 11) is 0. The molecule has 1 N–H and O–H groups in total. The molecule has 0 aliphatic heterocycles. The smallest absolute Gasteiger partial charge is 0.244 e. The summed E-state index contributed by atoms with van der Waals surface area (Å²) in [4.78, 5) is 22.9. The molecule has 1 unspecified atom stereocenters. The highest BCUT2D eigenvalue weighted by atomic mass is 32.2. The maximum absolute atomic E-state index is 11.7. The summed E-state index contributed by atoms with van der Waals surface area (Å²) < 4.78 is 20.5. The number of fused-ring (bicyclic) bond motifs is 2. The van der Waals surface area contributed by atoms with E-state index in [4.69, 9.17) is 0 Å². The molecule has 2 aromatic carbocycles. The Bertz CT molecular complexity index is 880. The summed E-state index contributed by atoms with van der Waals surface area (Å²) in [6, 6.07) is 10.8. The molecule has 0 bridgehead atoms. The van der Waals surface area contributed by atoms with E-state index in [1.807, 2.05) is 24.3 Å². The van der Waals surface area contributed by atoms with Crippen molar-refractivity contribution in [3.8, 4) is 0 Å². The van der Waals surface area contributed by atoms with E-state index >= 15 is 0 Å². The van der Waals surface area contributed by atoms with Crippen LogP contribution in [0.4, 0.5) is 0 Å². The van der Waals surface area contributed by atoms with E-state index in [1.165, 1.54) is 6.08 Å². The molecule has 0 spiro atoms. The molecule has 1 aliphatic rings. The molecule has 0 saturated carbocycles. The third-order valence-corrected chi connectivity index (χ3v) is 3.81. The molecule has 1 atom stereocenters. The first kappa shape index (κ1) is 12.0. The number of benzene rings is 2. The molecule has 4 nitrogen and oxygen atoms in total. The molecule has 0 radical (unpaired) electrons. The van der Waals surface area contributed by atoms with E-state index in [0.717, 1.165) is 10.8 Å². The van der Waals surface area contributed by atoms with E-state index in [9.17, 15) is 18.4 Å². The van der Waals surface area contributed by atoms with Gasteiger partial charge in [-0.1, -0.05) is 24.3 Å². The number of hydrogen-bond acceptors (Lipinski definition) is 3. The van der Waals surface area contributed by atoms with Gasteiger partial charge in [0.15, 0.2) is 11.1 Å². The summed E-state index contributed by atoms with van der Waals surface area (Å²) >= 11 is -2.48. The fourth-order valence-electron chi connectivity index (χ4n) is 2.19. The van der Waals surface area contributed by atoms with E-state index in [2.05, 4.69) is 0 Å². The minimum atomic E-state index is -2.48. The van der Waals surface area contributed by atoms with Gasteiger partial charge in [0.05, 0.1) is 0 Å². The normalized spacial score (nSPS) is 16.2. The Labute approximate surface area is 110 Å². The van der Waals surface area contributed by atoms with Crippen LogP contribution in [0.3, 0.4) is 0 Å². The van der Waals surface area contributed by atoms with Gasteiger partial charge in [0, 0.05) is 5.22 Å². The molecule has 1 aliphatic carbocycles. The van der Waals surface area contributed by atoms with Gasteiger partial charge in [0.2, 0.25) is 11.6 Å². The third-order valence-electron chi connectivity index (χ3n) is 3.05. The van der Waals surface area contributed by atoms with Crippen molar-refractivity contribution in [3.05, 3.63) is 46.8 Å². The van der Waals surface area contributed by atoms with Crippen LogP contribution in [0.5, 0.6) is 0 Å². The predicted molar refractivity (Wildman–Crippen MR) is 71.9 cm³/mol. The Morgan fingerprint density at radius 2 is 1.63 bits per heavy atom. The minimum absolute atomic E-state index is 0.340. The van der Waals surface area contributed by atoms with E-state index in [1.54, 1.807) is 12.1 Å². The lowest BCUT2D eigenvalue weighted by Gasteiger charge is -2.07. The zero-order chi connectivity index (χ0) is 13.6. The number of ketones is 2. The van der Waals surface area contributed by atoms with Crippen LogP contribution in [0.1, 0.15) is 0 Å². The number of Topliss-reactive ketones (excluding diaryl/α,β-unsaturated/α-hetero) is 2. The Kier molecular flexibility index (Phi) is 2.66. The van der Waals surface area contributed by atoms with Gasteiger partial charge < -0.3 is 4.55 Å². The van der Waals surface area contributed by atoms with Crippen molar-refractivity contribution >= 4 is 44.4 Å². The molecule has 0 aromatic heterocycles. The Morgan fingerprint density at radius 1 is 1.00 bits per heavy atom. The SMILES string of the molecule is O=C1C=c2cc3ccccc3cc2=C(S(=O)O)C1=O. The third kappa shape index (κ3) is 1.83. The maximum Gasteiger partial charge on any atom is 0.244 e. The van der Waals surface area contributed by atoms with Crippen LogP contribution in [0.25, 0.3) is 21.8 Å². The summed E-state index contributed by atoms with van der Waals surface area (Å²) in [6.45, 7) is 0. The standard InChI is InChI=1S/C14H8O4S/c15-12-7-10-5-8-3-1-2-4-9(8)6-11(10)14(13(12)16)19(17)18/h1-7H,(H,17,18). The fourth-order valence-corrected chi connectivity index (χ4v) is 2.81. The summed E-state index contributed by atoms with van der Waals surface area (Å²) in [5.41, 5.74) is 0. The zero-order valence-corrected chi connectivity index (χ0v) is 10.4. The number of rotatable bonds is 1. The van der Waals surface area contributed by atoms with Crippen LogP contribution < -0.4 is 10.4 Å². The topological polar surface area (TPSA) is 71.4 Å². The lowest BCUT2D eigenvalue weighted by molar-refractivity contribution is -0.129. The van der Waals surface area contributed by atoms with Crippen LogP contribution in [-0.2, 0) is 20.7 Å². The lowest BCUT2D eigenvalue weighted by atomic mass is 10.0. The summed E-state index contributed by atoms with van der Waals surface area (Å²) in [6.07, 6.45) is 1.21. The van der Waals surface area contributed by atoms with Crippen molar-refractivity contribution in [2.24, 2.45) is 0 Å². The van der Waals surface area contributed by atoms with Crippen LogP contribution in [0.2, 0.25) is 0 Å². The van der Waals surface area contributed by atoms with Crippen molar-refractivity contribution in [1.82, 2.24) is 0 Å². The van der Waals surface area contributed by atoms with Gasteiger partial charge in [-0.2, -0.15) is 0 Å². The van der Waals surface area contributed by atoms with Crippen molar-refractivity contribution in [1.29, 1.82) is 0 Å². The molecule has 0 fully saturated rings. The first-order valence-electron chi connectivity index (χ1n) is 5.52. The summed E-state index contributed by atoms with van der Waals surface area (Å²) in [5.74, 6) is -1.68. The van der Waals surface area contributed by atoms with Crippen LogP contribution in [-0.4, -0.2) is 20.3 Å². The molecule has 0 saturated heterocycles. The summed E-state index contributed by atoms with van der Waals surface area (Å²) in [5, 5.41) is 2.60. The molecule has 19 heavy (non-hydrogen) atoms. The molecular formula is C14H8O4S. The first-order chi connectivity index (χ1) is 9.08. The Hall–Kier alpha value is -2.11. The molecule has 3 rings (SSSR count). The second kappa shape index (κ2) is 4.22. The zero-order valence-electron chi connectivity index (χ0n) is 9.62. The van der Waals surface area contributed by atoms with Gasteiger partial charge >= 0.3 is 0 Å². The maximum atomic E-state index is 11.7. The molecular weight excluding hydrogens is 264 g/mol. The highest BCUT2D eigenvalue weighted by Gasteiger charge is 2.25. The second-order valence-electron chi connectivity index (χ2n) is 4.20. The second-order valence-corrected chi connectivity index (χ2v) is 5.11. The highest BCUT2D eigenvalue weighted by Crippen LogP contribution is 2.11. The molecule has 2 aromatic rings. The van der Waals surface area contributed by atoms with Gasteiger partial charge in [-0.25, -0.2) is 4.21 Å². The van der Waals surface area contributed by atoms with Gasteiger partial charge in [-0.05, 0) is 34.2 Å². The van der Waals surface area contributed by atoms with E-state index < -0.39 is 22.6 Å². The van der Waals surface area contributed by atoms with Crippen molar-refractivity contribution < 1.29 is 18.4 Å². The fraction of sp³-hybridized carbons (Fsp3) is 0. The molecule has 94 valence electrons. The first-order valence-corrected chi connectivity index (χ1v) is 6.63. The Balaban J connectivity index is 2.57. The largest absolute Gasteiger partial charge is 0.302 e. The van der Waals surface area contributed by atoms with Crippen LogP contribution in [0.15, 0.2) is 36.4 Å². The van der Waals surface area contributed by atoms with Gasteiger partial charge in [-0.3, -0.25) is 9.59 Å². The minimum Gasteiger partial charge on any atom is -0.302 e. The van der Waals surface area contributed by atoms with Gasteiger partial charge in [0.25, 0.3) is 0 Å². The molecule has 0 amide bonds. The quantitative estimate of drug-likeness (QED) is 0.590. The van der Waals surface area contributed by atoms with Crippen LogP contribution >= 0.6 is 0 Å². The van der Waals surface area contributed by atoms with Crippen molar-refractivity contribution in [2.45, 2.75) is 0 Å². The molecule has 5 heteroatoms. The Morgan fingerprint density at radius 3 is 2.26 bits per heavy atom. The number of hydrogen-bond donors (Lipinski definition) is 1. The van der Waals surface area contributed by atoms with Crippen molar-refractivity contribution in [2.75, 3.05) is 0 Å². The molecule has 0 heterocycles. The predicted octanol–water partition coefficient (Wildman–Crippen LogP) is 0.102. The average Bonchev–Trinajstić information content (AvgIpc) is 2.37. The van der Waals surface area contributed by atoms with Gasteiger partial charge in [-0.15, -0.1) is 0 Å². The highest BCUT2D eigenvalue weighted by molar-refractivity contribution is 7.90. The number of carbonyl (C=O) groups is 2. The monoisotopic (exact) mass is 272 g/mol. The van der Waals surface area contributed by atoms with Gasteiger partial charge in [0.1, 0.15) is 4.91 Å². The van der Waals surface area contributed by atoms with Crippen molar-refractivity contribution in [3.63, 3.8) is 0 Å².